The first-order valence-electron chi connectivity index (χ1n) is 4.82. The molecule has 0 atom stereocenters. The molecule has 0 N–H and O–H groups in total. The third kappa shape index (κ3) is 6.40. The van der Waals surface area contributed by atoms with Crippen molar-refractivity contribution in [3.8, 4) is 0 Å². The van der Waals surface area contributed by atoms with Gasteiger partial charge >= 0.3 is 5.97 Å². The molecule has 0 saturated carbocycles. The predicted octanol–water partition coefficient (Wildman–Crippen LogP) is 2.26. The van der Waals surface area contributed by atoms with E-state index in [-0.39, 0.29) is 11.8 Å². The Labute approximate surface area is 85.1 Å². The Morgan fingerprint density at radius 1 is 1.21 bits per heavy atom. The molecule has 0 unspecified atom stereocenters. The van der Waals surface area contributed by atoms with Crippen LogP contribution in [0.5, 0.6) is 0 Å². The second kappa shape index (κ2) is 7.30. The third-order valence-corrected chi connectivity index (χ3v) is 1.94. The number of carbonyl (C=O) groups excluding carboxylic acids is 2. The fourth-order valence-corrected chi connectivity index (χ4v) is 1.08. The first-order valence-corrected chi connectivity index (χ1v) is 4.82. The van der Waals surface area contributed by atoms with Crippen LogP contribution in [-0.4, -0.2) is 18.9 Å². The highest BCUT2D eigenvalue weighted by molar-refractivity contribution is 5.87. The Morgan fingerprint density at radius 2 is 1.86 bits per heavy atom. The lowest BCUT2D eigenvalue weighted by atomic mass is 10.1. The Morgan fingerprint density at radius 3 is 2.36 bits per heavy atom. The van der Waals surface area contributed by atoms with Crippen molar-refractivity contribution in [3.05, 3.63) is 11.6 Å². The molecule has 3 heteroatoms. The summed E-state index contributed by atoms with van der Waals surface area (Å²) in [4.78, 5) is 21.5. The number of Topliss-reactive ketones (excluding diaryl/α,β-unsaturated/α-hetero) is 1. The molecule has 0 rings (SSSR count). The number of allylic oxidation sites excluding steroid dienone is 1. The highest BCUT2D eigenvalue weighted by atomic mass is 16.5. The quantitative estimate of drug-likeness (QED) is 0.373. The van der Waals surface area contributed by atoms with Gasteiger partial charge in [0.05, 0.1) is 7.11 Å². The van der Waals surface area contributed by atoms with Crippen molar-refractivity contribution >= 4 is 11.8 Å². The number of ether oxygens (including phenoxy) is 1. The Kier molecular flexibility index (Phi) is 6.72. The number of methoxy groups -OCH3 is 1. The minimum atomic E-state index is -0.281. The van der Waals surface area contributed by atoms with Gasteiger partial charge in [0.25, 0.3) is 0 Å². The van der Waals surface area contributed by atoms with E-state index < -0.39 is 0 Å². The molecule has 80 valence electrons. The summed E-state index contributed by atoms with van der Waals surface area (Å²) in [5.74, 6) is -0.0600. The largest absolute Gasteiger partial charge is 0.466 e. The average molecular weight is 198 g/mol. The molecular formula is C11H18O3. The minimum Gasteiger partial charge on any atom is -0.466 e. The normalized spacial score (nSPS) is 11.2. The van der Waals surface area contributed by atoms with Gasteiger partial charge in [-0.25, -0.2) is 4.79 Å². The lowest BCUT2D eigenvalue weighted by Crippen LogP contribution is -2.01. The van der Waals surface area contributed by atoms with E-state index in [4.69, 9.17) is 0 Å². The average Bonchev–Trinajstić information content (AvgIpc) is 2.15. The molecule has 0 spiro atoms. The van der Waals surface area contributed by atoms with Gasteiger partial charge in [0.15, 0.2) is 0 Å². The third-order valence-electron chi connectivity index (χ3n) is 1.94. The first-order chi connectivity index (χ1) is 6.57. The fourth-order valence-electron chi connectivity index (χ4n) is 1.08. The molecule has 0 aliphatic heterocycles. The molecule has 0 heterocycles. The highest BCUT2D eigenvalue weighted by Crippen LogP contribution is 2.05. The molecular weight excluding hydrogens is 180 g/mol. The van der Waals surface area contributed by atoms with Crippen LogP contribution in [0.15, 0.2) is 11.6 Å². The molecule has 14 heavy (non-hydrogen) atoms. The molecule has 0 aromatic rings. The standard InChI is InChI=1S/C11H18O3/c1-9(11(13)14-3)7-5-4-6-8-10(2)12/h7H,4-6,8H2,1-3H3/b9-7+. The number of unbranched alkanes of at least 4 members (excludes halogenated alkanes) is 2. The summed E-state index contributed by atoms with van der Waals surface area (Å²) in [6, 6.07) is 0. The Hall–Kier alpha value is -1.12. The molecule has 0 aliphatic carbocycles. The van der Waals surface area contributed by atoms with Gasteiger partial charge in [-0.3, -0.25) is 0 Å². The number of rotatable bonds is 6. The molecule has 0 aliphatic rings. The summed E-state index contributed by atoms with van der Waals surface area (Å²) in [7, 11) is 1.37. The topological polar surface area (TPSA) is 43.4 Å². The smallest absolute Gasteiger partial charge is 0.333 e. The molecule has 0 aromatic carbocycles. The van der Waals surface area contributed by atoms with E-state index in [1.807, 2.05) is 6.08 Å². The van der Waals surface area contributed by atoms with Gasteiger partial charge in [0, 0.05) is 12.0 Å². The Balaban J connectivity index is 3.61. The maximum absolute atomic E-state index is 10.9. The molecule has 0 saturated heterocycles. The summed E-state index contributed by atoms with van der Waals surface area (Å²) in [6.45, 7) is 3.33. The molecule has 0 radical (unpaired) electrons. The van der Waals surface area contributed by atoms with E-state index in [1.165, 1.54) is 7.11 Å². The van der Waals surface area contributed by atoms with Crippen molar-refractivity contribution < 1.29 is 14.3 Å². The summed E-state index contributed by atoms with van der Waals surface area (Å²) in [6.07, 6.45) is 5.14. The van der Waals surface area contributed by atoms with E-state index in [1.54, 1.807) is 13.8 Å². The van der Waals surface area contributed by atoms with Crippen LogP contribution in [0.2, 0.25) is 0 Å². The van der Waals surface area contributed by atoms with Crippen molar-refractivity contribution in [1.29, 1.82) is 0 Å². The maximum Gasteiger partial charge on any atom is 0.333 e. The molecule has 0 fully saturated rings. The monoisotopic (exact) mass is 198 g/mol. The van der Waals surface area contributed by atoms with Gasteiger partial charge in [-0.2, -0.15) is 0 Å². The molecule has 0 aromatic heterocycles. The van der Waals surface area contributed by atoms with E-state index in [9.17, 15) is 9.59 Å². The van der Waals surface area contributed by atoms with E-state index >= 15 is 0 Å². The van der Waals surface area contributed by atoms with Crippen LogP contribution in [0.25, 0.3) is 0 Å². The van der Waals surface area contributed by atoms with Crippen LogP contribution in [0, 0.1) is 0 Å². The lowest BCUT2D eigenvalue weighted by Gasteiger charge is -1.98. The zero-order valence-corrected chi connectivity index (χ0v) is 9.13. The zero-order valence-electron chi connectivity index (χ0n) is 9.13. The summed E-state index contributed by atoms with van der Waals surface area (Å²) in [5, 5.41) is 0. The van der Waals surface area contributed by atoms with Gasteiger partial charge in [0.2, 0.25) is 0 Å². The number of hydrogen-bond donors (Lipinski definition) is 0. The van der Waals surface area contributed by atoms with Crippen molar-refractivity contribution in [2.45, 2.75) is 39.5 Å². The van der Waals surface area contributed by atoms with Gasteiger partial charge in [0.1, 0.15) is 5.78 Å². The fraction of sp³-hybridized carbons (Fsp3) is 0.636. The molecule has 3 nitrogen and oxygen atoms in total. The minimum absolute atomic E-state index is 0.221. The van der Waals surface area contributed by atoms with Crippen molar-refractivity contribution in [2.75, 3.05) is 7.11 Å². The molecule has 0 amide bonds. The predicted molar refractivity (Wildman–Crippen MR) is 54.9 cm³/mol. The second-order valence-corrected chi connectivity index (χ2v) is 3.33. The molecule has 0 bridgehead atoms. The van der Waals surface area contributed by atoms with Crippen LogP contribution in [0.1, 0.15) is 39.5 Å². The number of esters is 1. The summed E-state index contributed by atoms with van der Waals surface area (Å²) >= 11 is 0. The van der Waals surface area contributed by atoms with E-state index in [0.29, 0.717) is 12.0 Å². The highest BCUT2D eigenvalue weighted by Gasteiger charge is 2.01. The SMILES string of the molecule is COC(=O)/C(C)=C/CCCCC(C)=O. The first kappa shape index (κ1) is 12.9. The maximum atomic E-state index is 10.9. The van der Waals surface area contributed by atoms with Crippen LogP contribution < -0.4 is 0 Å². The Bertz CT molecular complexity index is 229. The van der Waals surface area contributed by atoms with Gasteiger partial charge in [-0.05, 0) is 33.1 Å². The van der Waals surface area contributed by atoms with Crippen LogP contribution in [0.3, 0.4) is 0 Å². The summed E-state index contributed by atoms with van der Waals surface area (Å²) in [5.41, 5.74) is 0.635. The van der Waals surface area contributed by atoms with Crippen molar-refractivity contribution in [1.82, 2.24) is 0 Å². The van der Waals surface area contributed by atoms with Gasteiger partial charge in [-0.1, -0.05) is 6.08 Å². The van der Waals surface area contributed by atoms with Gasteiger partial charge in [-0.15, -0.1) is 0 Å². The second-order valence-electron chi connectivity index (χ2n) is 3.33. The van der Waals surface area contributed by atoms with Crippen LogP contribution in [0.4, 0.5) is 0 Å². The number of carbonyl (C=O) groups is 2. The zero-order chi connectivity index (χ0) is 11.0. The van der Waals surface area contributed by atoms with Crippen LogP contribution in [-0.2, 0) is 14.3 Å². The summed E-state index contributed by atoms with van der Waals surface area (Å²) < 4.78 is 4.55. The van der Waals surface area contributed by atoms with Crippen molar-refractivity contribution in [3.63, 3.8) is 0 Å². The number of hydrogen-bond acceptors (Lipinski definition) is 3. The van der Waals surface area contributed by atoms with Gasteiger partial charge < -0.3 is 9.53 Å². The van der Waals surface area contributed by atoms with E-state index in [0.717, 1.165) is 19.3 Å². The van der Waals surface area contributed by atoms with E-state index in [2.05, 4.69) is 4.74 Å². The van der Waals surface area contributed by atoms with Crippen LogP contribution >= 0.6 is 0 Å². The number of ketones is 1. The lowest BCUT2D eigenvalue weighted by molar-refractivity contribution is -0.136. The van der Waals surface area contributed by atoms with Crippen molar-refractivity contribution in [2.24, 2.45) is 0 Å².